The van der Waals surface area contributed by atoms with Gasteiger partial charge in [0.15, 0.2) is 9.84 Å². The third-order valence-electron chi connectivity index (χ3n) is 2.56. The van der Waals surface area contributed by atoms with Crippen molar-refractivity contribution in [2.45, 2.75) is 11.4 Å². The zero-order valence-corrected chi connectivity index (χ0v) is 13.6. The number of nitrogens with zero attached hydrogens (tertiary/aromatic N) is 2. The number of rotatable bonds is 4. The van der Waals surface area contributed by atoms with Gasteiger partial charge in [0.05, 0.1) is 9.37 Å². The molecule has 2 rings (SSSR count). The molecule has 0 aliphatic carbocycles. The van der Waals surface area contributed by atoms with Crippen LogP contribution in [0.2, 0.25) is 5.15 Å². The number of halogens is 2. The Labute approximate surface area is 130 Å². The maximum Gasteiger partial charge on any atom is 0.175 e. The van der Waals surface area contributed by atoms with Gasteiger partial charge in [0.2, 0.25) is 0 Å². The number of anilines is 1. The average molecular weight is 377 g/mol. The first-order chi connectivity index (χ1) is 9.38. The Bertz CT molecular complexity index is 720. The summed E-state index contributed by atoms with van der Waals surface area (Å²) >= 11 is 9.15. The second-order valence-electron chi connectivity index (χ2n) is 4.10. The smallest absolute Gasteiger partial charge is 0.175 e. The molecule has 5 nitrogen and oxygen atoms in total. The van der Waals surface area contributed by atoms with E-state index in [4.69, 9.17) is 11.6 Å². The van der Waals surface area contributed by atoms with Crippen molar-refractivity contribution in [3.63, 3.8) is 0 Å². The predicted molar refractivity (Wildman–Crippen MR) is 81.6 cm³/mol. The highest BCUT2D eigenvalue weighted by Gasteiger charge is 2.08. The molecule has 0 amide bonds. The summed E-state index contributed by atoms with van der Waals surface area (Å²) in [5.41, 5.74) is 0.930. The van der Waals surface area contributed by atoms with Crippen molar-refractivity contribution in [1.29, 1.82) is 0 Å². The van der Waals surface area contributed by atoms with Crippen molar-refractivity contribution >= 4 is 43.2 Å². The molecule has 0 spiro atoms. The molecule has 0 fully saturated rings. The van der Waals surface area contributed by atoms with E-state index in [0.717, 1.165) is 5.56 Å². The number of hydrogen-bond acceptors (Lipinski definition) is 5. The highest BCUT2D eigenvalue weighted by atomic mass is 79.9. The van der Waals surface area contributed by atoms with Gasteiger partial charge < -0.3 is 5.32 Å². The highest BCUT2D eigenvalue weighted by molar-refractivity contribution is 9.10. The monoisotopic (exact) mass is 375 g/mol. The van der Waals surface area contributed by atoms with E-state index in [0.29, 0.717) is 26.9 Å². The van der Waals surface area contributed by atoms with Gasteiger partial charge in [-0.3, -0.25) is 0 Å². The van der Waals surface area contributed by atoms with Gasteiger partial charge >= 0.3 is 0 Å². The quantitative estimate of drug-likeness (QED) is 0.831. The lowest BCUT2D eigenvalue weighted by molar-refractivity contribution is 0.602. The molecule has 0 radical (unpaired) electrons. The largest absolute Gasteiger partial charge is 0.365 e. The summed E-state index contributed by atoms with van der Waals surface area (Å²) in [5.74, 6) is 0.581. The van der Waals surface area contributed by atoms with Crippen molar-refractivity contribution in [3.05, 3.63) is 45.8 Å². The van der Waals surface area contributed by atoms with Gasteiger partial charge in [-0.1, -0.05) is 23.7 Å². The number of sulfone groups is 1. The van der Waals surface area contributed by atoms with Crippen molar-refractivity contribution in [2.75, 3.05) is 11.6 Å². The summed E-state index contributed by atoms with van der Waals surface area (Å²) in [5, 5.41) is 3.43. The summed E-state index contributed by atoms with van der Waals surface area (Å²) < 4.78 is 23.3. The van der Waals surface area contributed by atoms with E-state index < -0.39 is 9.84 Å². The van der Waals surface area contributed by atoms with Gasteiger partial charge in [-0.2, -0.15) is 0 Å². The normalized spacial score (nSPS) is 11.3. The van der Waals surface area contributed by atoms with E-state index in [1.165, 1.54) is 12.6 Å². The predicted octanol–water partition coefficient (Wildman–Crippen LogP) is 2.91. The van der Waals surface area contributed by atoms with E-state index in [1.807, 2.05) is 0 Å². The van der Waals surface area contributed by atoms with Crippen LogP contribution in [0.15, 0.2) is 40.0 Å². The van der Waals surface area contributed by atoms with Crippen LogP contribution in [0.1, 0.15) is 5.56 Å². The molecule has 8 heteroatoms. The average Bonchev–Trinajstić information content (AvgIpc) is 2.40. The molecule has 1 aromatic carbocycles. The SMILES string of the molecule is CS(=O)(=O)c1ccc(CNc2ncnc(Cl)c2Br)cc1. The van der Waals surface area contributed by atoms with Crippen molar-refractivity contribution in [2.24, 2.45) is 0 Å². The Kier molecular flexibility index (Phi) is 4.62. The first-order valence-corrected chi connectivity index (χ1v) is 8.63. The van der Waals surface area contributed by atoms with E-state index >= 15 is 0 Å². The van der Waals surface area contributed by atoms with Crippen molar-refractivity contribution in [3.8, 4) is 0 Å². The number of nitrogens with one attached hydrogen (secondary N) is 1. The summed E-state index contributed by atoms with van der Waals surface area (Å²) in [6.07, 6.45) is 2.54. The maximum absolute atomic E-state index is 11.4. The first-order valence-electron chi connectivity index (χ1n) is 5.57. The third kappa shape index (κ3) is 3.68. The minimum absolute atomic E-state index is 0.299. The fourth-order valence-electron chi connectivity index (χ4n) is 1.51. The molecular weight excluding hydrogens is 366 g/mol. The van der Waals surface area contributed by atoms with Crippen molar-refractivity contribution in [1.82, 2.24) is 9.97 Å². The third-order valence-corrected chi connectivity index (χ3v) is 4.95. The van der Waals surface area contributed by atoms with E-state index in [-0.39, 0.29) is 0 Å². The number of benzene rings is 1. The molecule has 0 saturated carbocycles. The molecule has 0 atom stereocenters. The Balaban J connectivity index is 2.10. The van der Waals surface area contributed by atoms with Crippen LogP contribution in [0, 0.1) is 0 Å². The van der Waals surface area contributed by atoms with Crippen LogP contribution in [-0.4, -0.2) is 24.6 Å². The molecule has 0 saturated heterocycles. The second-order valence-corrected chi connectivity index (χ2v) is 7.26. The second kappa shape index (κ2) is 6.07. The standard InChI is InChI=1S/C12H11BrClN3O2S/c1-20(18,19)9-4-2-8(3-5-9)6-15-12-10(13)11(14)16-7-17-12/h2-5,7H,6H2,1H3,(H,15,16,17). The van der Waals surface area contributed by atoms with Crippen LogP contribution in [0.5, 0.6) is 0 Å². The van der Waals surface area contributed by atoms with Crippen molar-refractivity contribution < 1.29 is 8.42 Å². The lowest BCUT2D eigenvalue weighted by Crippen LogP contribution is -2.03. The molecule has 0 bridgehead atoms. The Hall–Kier alpha value is -1.18. The summed E-state index contributed by atoms with van der Waals surface area (Å²) in [6.45, 7) is 0.496. The molecule has 0 aliphatic heterocycles. The molecular formula is C12H11BrClN3O2S. The Morgan fingerprint density at radius 1 is 1.25 bits per heavy atom. The van der Waals surface area contributed by atoms with Gasteiger partial charge in [0.25, 0.3) is 0 Å². The fraction of sp³-hybridized carbons (Fsp3) is 0.167. The molecule has 1 aromatic heterocycles. The Morgan fingerprint density at radius 3 is 2.50 bits per heavy atom. The van der Waals surface area contributed by atoms with Crippen LogP contribution in [0.25, 0.3) is 0 Å². The highest BCUT2D eigenvalue weighted by Crippen LogP contribution is 2.26. The lowest BCUT2D eigenvalue weighted by atomic mass is 10.2. The topological polar surface area (TPSA) is 72.0 Å². The number of hydrogen-bond donors (Lipinski definition) is 1. The Morgan fingerprint density at radius 2 is 1.90 bits per heavy atom. The summed E-state index contributed by atoms with van der Waals surface area (Å²) in [4.78, 5) is 8.19. The van der Waals surface area contributed by atoms with Crippen LogP contribution < -0.4 is 5.32 Å². The maximum atomic E-state index is 11.4. The minimum atomic E-state index is -3.16. The molecule has 20 heavy (non-hydrogen) atoms. The summed E-state index contributed by atoms with van der Waals surface area (Å²) in [7, 11) is -3.16. The van der Waals surface area contributed by atoms with Gasteiger partial charge in [0, 0.05) is 12.8 Å². The van der Waals surface area contributed by atoms with Gasteiger partial charge in [0.1, 0.15) is 17.3 Å². The van der Waals surface area contributed by atoms with Gasteiger partial charge in [-0.05, 0) is 33.6 Å². The summed E-state index contributed by atoms with van der Waals surface area (Å²) in [6, 6.07) is 6.66. The van der Waals surface area contributed by atoms with Crippen LogP contribution in [0.3, 0.4) is 0 Å². The van der Waals surface area contributed by atoms with E-state index in [1.54, 1.807) is 24.3 Å². The van der Waals surface area contributed by atoms with Crippen LogP contribution >= 0.6 is 27.5 Å². The first kappa shape index (κ1) is 15.2. The van der Waals surface area contributed by atoms with Gasteiger partial charge in [-0.25, -0.2) is 18.4 Å². The van der Waals surface area contributed by atoms with Crippen LogP contribution in [0.4, 0.5) is 5.82 Å². The molecule has 2 aromatic rings. The van der Waals surface area contributed by atoms with E-state index in [9.17, 15) is 8.42 Å². The zero-order valence-electron chi connectivity index (χ0n) is 10.5. The fourth-order valence-corrected chi connectivity index (χ4v) is 2.62. The molecule has 0 aliphatic rings. The molecule has 1 heterocycles. The van der Waals surface area contributed by atoms with Crippen LogP contribution in [-0.2, 0) is 16.4 Å². The lowest BCUT2D eigenvalue weighted by Gasteiger charge is -2.08. The van der Waals surface area contributed by atoms with E-state index in [2.05, 4.69) is 31.2 Å². The van der Waals surface area contributed by atoms with Gasteiger partial charge in [-0.15, -0.1) is 0 Å². The minimum Gasteiger partial charge on any atom is -0.365 e. The molecule has 106 valence electrons. The zero-order chi connectivity index (χ0) is 14.8. The molecule has 1 N–H and O–H groups in total. The number of aromatic nitrogens is 2. The molecule has 0 unspecified atom stereocenters.